The van der Waals surface area contributed by atoms with Crippen LogP contribution in [0.1, 0.15) is 25.7 Å². The monoisotopic (exact) mass is 236 g/mol. The Morgan fingerprint density at radius 2 is 2.13 bits per heavy atom. The first-order valence-electron chi connectivity index (χ1n) is 4.92. The van der Waals surface area contributed by atoms with E-state index in [0.29, 0.717) is 12.8 Å². The van der Waals surface area contributed by atoms with E-state index < -0.39 is 26.8 Å². The molecule has 0 spiro atoms. The molecule has 6 heteroatoms. The number of carboxylic acid groups (broad SMARTS) is 1. The quantitative estimate of drug-likeness (QED) is 0.766. The van der Waals surface area contributed by atoms with Crippen molar-refractivity contribution in [2.24, 2.45) is 0 Å². The molecule has 0 radical (unpaired) electrons. The van der Waals surface area contributed by atoms with Crippen molar-refractivity contribution in [3.63, 3.8) is 0 Å². The molecule has 2 atom stereocenters. The summed E-state index contributed by atoms with van der Waals surface area (Å²) in [7, 11) is -1.95. The molecule has 0 saturated heterocycles. The van der Waals surface area contributed by atoms with Gasteiger partial charge < -0.3 is 9.84 Å². The van der Waals surface area contributed by atoms with Crippen LogP contribution in [0.5, 0.6) is 0 Å². The van der Waals surface area contributed by atoms with Crippen molar-refractivity contribution in [2.45, 2.75) is 37.0 Å². The van der Waals surface area contributed by atoms with Gasteiger partial charge in [0, 0.05) is 7.11 Å². The second kappa shape index (κ2) is 4.94. The lowest BCUT2D eigenvalue weighted by atomic mass is 9.97. The molecule has 1 aliphatic rings. The fraction of sp³-hybridized carbons (Fsp3) is 0.889. The Kier molecular flexibility index (Phi) is 4.10. The van der Waals surface area contributed by atoms with Crippen LogP contribution in [0.2, 0.25) is 0 Å². The molecule has 0 aromatic carbocycles. The normalized spacial score (nSPS) is 27.5. The highest BCUT2D eigenvalue weighted by molar-refractivity contribution is 7.92. The van der Waals surface area contributed by atoms with Gasteiger partial charge in [0.05, 0.1) is 11.4 Å². The highest BCUT2D eigenvalue weighted by Gasteiger charge is 2.33. The molecule has 2 unspecified atom stereocenters. The summed E-state index contributed by atoms with van der Waals surface area (Å²) in [6.45, 7) is 0. The molecular formula is C9H16O5S. The van der Waals surface area contributed by atoms with Gasteiger partial charge in [0.15, 0.2) is 9.84 Å². The minimum Gasteiger partial charge on any atom is -0.480 e. The lowest BCUT2D eigenvalue weighted by Crippen LogP contribution is -2.34. The van der Waals surface area contributed by atoms with Crippen molar-refractivity contribution in [1.82, 2.24) is 0 Å². The zero-order valence-corrected chi connectivity index (χ0v) is 9.50. The van der Waals surface area contributed by atoms with E-state index in [-0.39, 0.29) is 6.10 Å². The molecule has 5 nitrogen and oxygen atoms in total. The summed E-state index contributed by atoms with van der Waals surface area (Å²) in [6.07, 6.45) is 2.56. The van der Waals surface area contributed by atoms with Crippen LogP contribution in [0.4, 0.5) is 0 Å². The Labute approximate surface area is 89.3 Å². The van der Waals surface area contributed by atoms with Crippen LogP contribution >= 0.6 is 0 Å². The summed E-state index contributed by atoms with van der Waals surface area (Å²) in [6, 6.07) is 0. The van der Waals surface area contributed by atoms with Crippen molar-refractivity contribution in [3.8, 4) is 0 Å². The van der Waals surface area contributed by atoms with E-state index >= 15 is 0 Å². The first-order chi connectivity index (χ1) is 6.95. The number of carboxylic acids is 1. The lowest BCUT2D eigenvalue weighted by molar-refractivity contribution is -0.134. The molecule has 0 aliphatic heterocycles. The Bertz CT molecular complexity index is 321. The Morgan fingerprint density at radius 3 is 2.67 bits per heavy atom. The first kappa shape index (κ1) is 12.4. The minimum absolute atomic E-state index is 0.0488. The maximum atomic E-state index is 11.6. The van der Waals surface area contributed by atoms with E-state index in [1.807, 2.05) is 0 Å². The molecular weight excluding hydrogens is 220 g/mol. The summed E-state index contributed by atoms with van der Waals surface area (Å²) in [5, 5.41) is 7.94. The van der Waals surface area contributed by atoms with Crippen LogP contribution in [0, 0.1) is 0 Å². The summed E-state index contributed by atoms with van der Waals surface area (Å²) >= 11 is 0. The highest BCUT2D eigenvalue weighted by Crippen LogP contribution is 2.26. The van der Waals surface area contributed by atoms with E-state index in [1.54, 1.807) is 7.11 Å². The van der Waals surface area contributed by atoms with E-state index in [9.17, 15) is 13.2 Å². The van der Waals surface area contributed by atoms with Crippen LogP contribution in [0.15, 0.2) is 0 Å². The first-order valence-corrected chi connectivity index (χ1v) is 6.63. The van der Waals surface area contributed by atoms with Crippen LogP contribution < -0.4 is 0 Å². The standard InChI is InChI=1S/C9H16O5S/c1-14-7-3-2-4-8(5-7)15(12,13)6-9(10)11/h7-8H,2-6H2,1H3,(H,10,11). The highest BCUT2D eigenvalue weighted by atomic mass is 32.2. The number of aliphatic carboxylic acids is 1. The molecule has 1 saturated carbocycles. The topological polar surface area (TPSA) is 80.7 Å². The molecule has 0 aromatic rings. The van der Waals surface area contributed by atoms with E-state index in [2.05, 4.69) is 0 Å². The fourth-order valence-corrected chi connectivity index (χ4v) is 3.55. The third-order valence-electron chi connectivity index (χ3n) is 2.74. The van der Waals surface area contributed by atoms with Crippen molar-refractivity contribution in [3.05, 3.63) is 0 Å². The molecule has 1 rings (SSSR count). The number of sulfone groups is 1. The van der Waals surface area contributed by atoms with Crippen LogP contribution in [-0.4, -0.2) is 43.7 Å². The van der Waals surface area contributed by atoms with Gasteiger partial charge in [-0.05, 0) is 25.7 Å². The third-order valence-corrected chi connectivity index (χ3v) is 4.84. The van der Waals surface area contributed by atoms with Gasteiger partial charge in [-0.3, -0.25) is 4.79 Å². The molecule has 1 aliphatic carbocycles. The number of hydrogen-bond donors (Lipinski definition) is 1. The molecule has 0 heterocycles. The van der Waals surface area contributed by atoms with Gasteiger partial charge in [-0.2, -0.15) is 0 Å². The van der Waals surface area contributed by atoms with Gasteiger partial charge in [-0.15, -0.1) is 0 Å². The smallest absolute Gasteiger partial charge is 0.318 e. The maximum absolute atomic E-state index is 11.6. The van der Waals surface area contributed by atoms with Crippen LogP contribution in [0.25, 0.3) is 0 Å². The van der Waals surface area contributed by atoms with Crippen molar-refractivity contribution in [1.29, 1.82) is 0 Å². The van der Waals surface area contributed by atoms with Gasteiger partial charge in [0.25, 0.3) is 0 Å². The number of carbonyl (C=O) groups is 1. The minimum atomic E-state index is -3.51. The van der Waals surface area contributed by atoms with Crippen LogP contribution in [0.3, 0.4) is 0 Å². The molecule has 0 bridgehead atoms. The Hall–Kier alpha value is -0.620. The molecule has 1 fully saturated rings. The zero-order valence-electron chi connectivity index (χ0n) is 8.68. The second-order valence-corrected chi connectivity index (χ2v) is 6.13. The summed E-state index contributed by atoms with van der Waals surface area (Å²) < 4.78 is 28.4. The SMILES string of the molecule is COC1CCCC(S(=O)(=O)CC(=O)O)C1. The van der Waals surface area contributed by atoms with E-state index in [0.717, 1.165) is 12.8 Å². The molecule has 1 N–H and O–H groups in total. The lowest BCUT2D eigenvalue weighted by Gasteiger charge is -2.27. The van der Waals surface area contributed by atoms with Gasteiger partial charge in [-0.1, -0.05) is 0 Å². The number of methoxy groups -OCH3 is 1. The van der Waals surface area contributed by atoms with E-state index in [1.165, 1.54) is 0 Å². The summed E-state index contributed by atoms with van der Waals surface area (Å²) in [5.41, 5.74) is 0. The molecule has 88 valence electrons. The number of ether oxygens (including phenoxy) is 1. The van der Waals surface area contributed by atoms with Crippen LogP contribution in [-0.2, 0) is 19.4 Å². The van der Waals surface area contributed by atoms with Gasteiger partial charge in [0.2, 0.25) is 0 Å². The Balaban J connectivity index is 2.66. The summed E-state index contributed by atoms with van der Waals surface area (Å²) in [5.74, 6) is -2.05. The maximum Gasteiger partial charge on any atom is 0.318 e. The molecule has 0 aromatic heterocycles. The molecule has 0 amide bonds. The largest absolute Gasteiger partial charge is 0.480 e. The van der Waals surface area contributed by atoms with Gasteiger partial charge in [-0.25, -0.2) is 8.42 Å². The second-order valence-electron chi connectivity index (χ2n) is 3.85. The van der Waals surface area contributed by atoms with Crippen molar-refractivity contribution in [2.75, 3.05) is 12.9 Å². The van der Waals surface area contributed by atoms with Crippen molar-refractivity contribution >= 4 is 15.8 Å². The molecule has 15 heavy (non-hydrogen) atoms. The number of rotatable bonds is 4. The fourth-order valence-electron chi connectivity index (χ4n) is 1.93. The summed E-state index contributed by atoms with van der Waals surface area (Å²) in [4.78, 5) is 10.4. The predicted octanol–water partition coefficient (Wildman–Crippen LogP) is 0.443. The van der Waals surface area contributed by atoms with Gasteiger partial charge in [0.1, 0.15) is 5.75 Å². The average Bonchev–Trinajstić information content (AvgIpc) is 2.16. The predicted molar refractivity (Wildman–Crippen MR) is 54.5 cm³/mol. The zero-order chi connectivity index (χ0) is 11.5. The van der Waals surface area contributed by atoms with Crippen molar-refractivity contribution < 1.29 is 23.1 Å². The van der Waals surface area contributed by atoms with Gasteiger partial charge >= 0.3 is 5.97 Å². The Morgan fingerprint density at radius 1 is 1.47 bits per heavy atom. The van der Waals surface area contributed by atoms with E-state index in [4.69, 9.17) is 9.84 Å². The third kappa shape index (κ3) is 3.46. The average molecular weight is 236 g/mol. The number of hydrogen-bond acceptors (Lipinski definition) is 4.